The topological polar surface area (TPSA) is 75.7 Å². The summed E-state index contributed by atoms with van der Waals surface area (Å²) in [5.41, 5.74) is 0. The quantitative estimate of drug-likeness (QED) is 0.694. The van der Waals surface area contributed by atoms with Gasteiger partial charge in [-0.05, 0) is 45.1 Å². The molecule has 1 saturated heterocycles. The molecule has 2 rings (SSSR count). The number of piperidine rings is 1. The molecule has 0 spiro atoms. The SMILES string of the molecule is COCCNC(=O)CCC1CCN(S(=O)(=O)c2cc(C)sc2C)CC1. The molecule has 142 valence electrons. The van der Waals surface area contributed by atoms with E-state index in [1.807, 2.05) is 13.8 Å². The number of carbonyl (C=O) groups is 1. The predicted molar refractivity (Wildman–Crippen MR) is 99.4 cm³/mol. The summed E-state index contributed by atoms with van der Waals surface area (Å²) in [7, 11) is -1.79. The molecule has 1 amide bonds. The molecule has 0 radical (unpaired) electrons. The molecule has 1 aromatic rings. The van der Waals surface area contributed by atoms with Crippen LogP contribution in [-0.4, -0.2) is 52.0 Å². The molecule has 6 nitrogen and oxygen atoms in total. The molecule has 0 atom stereocenters. The fourth-order valence-corrected chi connectivity index (χ4v) is 6.15. The van der Waals surface area contributed by atoms with E-state index in [0.29, 0.717) is 43.5 Å². The van der Waals surface area contributed by atoms with Crippen LogP contribution in [-0.2, 0) is 19.6 Å². The Kier molecular flexibility index (Phi) is 7.42. The predicted octanol–water partition coefficient (Wildman–Crippen LogP) is 2.31. The van der Waals surface area contributed by atoms with E-state index in [0.717, 1.165) is 29.0 Å². The zero-order valence-corrected chi connectivity index (χ0v) is 16.8. The molecule has 0 bridgehead atoms. The summed E-state index contributed by atoms with van der Waals surface area (Å²) in [6.07, 6.45) is 2.92. The third-order valence-corrected chi connectivity index (χ3v) is 7.71. The van der Waals surface area contributed by atoms with E-state index in [1.54, 1.807) is 17.5 Å². The molecular weight excluding hydrogens is 360 g/mol. The smallest absolute Gasteiger partial charge is 0.244 e. The highest BCUT2D eigenvalue weighted by molar-refractivity contribution is 7.89. The highest BCUT2D eigenvalue weighted by atomic mass is 32.2. The van der Waals surface area contributed by atoms with E-state index in [9.17, 15) is 13.2 Å². The molecule has 1 aliphatic heterocycles. The van der Waals surface area contributed by atoms with Gasteiger partial charge in [0, 0.05) is 42.9 Å². The minimum atomic E-state index is -3.39. The third kappa shape index (κ3) is 5.51. The zero-order valence-electron chi connectivity index (χ0n) is 15.2. The average Bonchev–Trinajstić information content (AvgIpc) is 2.93. The summed E-state index contributed by atoms with van der Waals surface area (Å²) >= 11 is 1.52. The van der Waals surface area contributed by atoms with Crippen LogP contribution in [0.1, 0.15) is 35.4 Å². The van der Waals surface area contributed by atoms with Gasteiger partial charge in [0.2, 0.25) is 15.9 Å². The number of methoxy groups -OCH3 is 1. The lowest BCUT2D eigenvalue weighted by Gasteiger charge is -2.31. The van der Waals surface area contributed by atoms with Gasteiger partial charge in [-0.3, -0.25) is 4.79 Å². The summed E-state index contributed by atoms with van der Waals surface area (Å²) in [5.74, 6) is 0.446. The molecule has 0 unspecified atom stereocenters. The van der Waals surface area contributed by atoms with Crippen LogP contribution in [0, 0.1) is 19.8 Å². The Morgan fingerprint density at radius 2 is 2.04 bits per heavy atom. The van der Waals surface area contributed by atoms with Gasteiger partial charge >= 0.3 is 0 Å². The van der Waals surface area contributed by atoms with Gasteiger partial charge in [0.1, 0.15) is 0 Å². The first-order valence-corrected chi connectivity index (χ1v) is 10.9. The molecule has 0 aromatic carbocycles. The van der Waals surface area contributed by atoms with Gasteiger partial charge in [-0.2, -0.15) is 4.31 Å². The number of nitrogens with one attached hydrogen (secondary N) is 1. The van der Waals surface area contributed by atoms with Crippen molar-refractivity contribution in [1.82, 2.24) is 9.62 Å². The number of carbonyl (C=O) groups excluding carboxylic acids is 1. The highest BCUT2D eigenvalue weighted by Crippen LogP contribution is 2.31. The van der Waals surface area contributed by atoms with Gasteiger partial charge in [-0.1, -0.05) is 0 Å². The van der Waals surface area contributed by atoms with Crippen molar-refractivity contribution >= 4 is 27.3 Å². The summed E-state index contributed by atoms with van der Waals surface area (Å²) in [6, 6.07) is 1.77. The van der Waals surface area contributed by atoms with Crippen LogP contribution < -0.4 is 5.32 Å². The Morgan fingerprint density at radius 1 is 1.36 bits per heavy atom. The molecule has 1 aromatic heterocycles. The van der Waals surface area contributed by atoms with Crippen LogP contribution in [0.2, 0.25) is 0 Å². The molecule has 1 N–H and O–H groups in total. The maximum absolute atomic E-state index is 12.8. The number of ether oxygens (including phenoxy) is 1. The van der Waals surface area contributed by atoms with E-state index < -0.39 is 10.0 Å². The largest absolute Gasteiger partial charge is 0.383 e. The molecule has 1 aliphatic rings. The van der Waals surface area contributed by atoms with E-state index >= 15 is 0 Å². The van der Waals surface area contributed by atoms with Crippen molar-refractivity contribution < 1.29 is 17.9 Å². The van der Waals surface area contributed by atoms with Crippen LogP contribution in [0.3, 0.4) is 0 Å². The van der Waals surface area contributed by atoms with Crippen molar-refractivity contribution in [2.24, 2.45) is 5.92 Å². The number of sulfonamides is 1. The Hall–Kier alpha value is -0.960. The van der Waals surface area contributed by atoms with Gasteiger partial charge in [0.15, 0.2) is 0 Å². The lowest BCUT2D eigenvalue weighted by Crippen LogP contribution is -2.38. The van der Waals surface area contributed by atoms with E-state index in [2.05, 4.69) is 5.32 Å². The fourth-order valence-electron chi connectivity index (χ4n) is 3.16. The van der Waals surface area contributed by atoms with Gasteiger partial charge in [0.25, 0.3) is 0 Å². The zero-order chi connectivity index (χ0) is 18.4. The third-order valence-electron chi connectivity index (χ3n) is 4.59. The lowest BCUT2D eigenvalue weighted by molar-refractivity contribution is -0.121. The van der Waals surface area contributed by atoms with Gasteiger partial charge in [-0.25, -0.2) is 8.42 Å². The summed E-state index contributed by atoms with van der Waals surface area (Å²) in [6.45, 7) is 5.91. The van der Waals surface area contributed by atoms with Gasteiger partial charge in [-0.15, -0.1) is 11.3 Å². The van der Waals surface area contributed by atoms with Crippen LogP contribution in [0.5, 0.6) is 0 Å². The van der Waals surface area contributed by atoms with Crippen molar-refractivity contribution in [3.8, 4) is 0 Å². The van der Waals surface area contributed by atoms with Crippen molar-refractivity contribution in [2.75, 3.05) is 33.4 Å². The van der Waals surface area contributed by atoms with Gasteiger partial charge < -0.3 is 10.1 Å². The molecule has 0 aliphatic carbocycles. The Morgan fingerprint density at radius 3 is 2.60 bits per heavy atom. The number of thiophene rings is 1. The van der Waals surface area contributed by atoms with Crippen molar-refractivity contribution in [2.45, 2.75) is 44.4 Å². The average molecular weight is 389 g/mol. The Labute approximate surface area is 154 Å². The molecular formula is C17H28N2O4S2. The van der Waals surface area contributed by atoms with E-state index in [-0.39, 0.29) is 5.91 Å². The number of hydrogen-bond donors (Lipinski definition) is 1. The van der Waals surface area contributed by atoms with Crippen LogP contribution >= 0.6 is 11.3 Å². The summed E-state index contributed by atoms with van der Waals surface area (Å²) in [5, 5.41) is 2.82. The van der Waals surface area contributed by atoms with E-state index in [1.165, 1.54) is 11.3 Å². The minimum Gasteiger partial charge on any atom is -0.383 e. The summed E-state index contributed by atoms with van der Waals surface area (Å²) in [4.78, 5) is 14.1. The number of nitrogens with zero attached hydrogens (tertiary/aromatic N) is 1. The molecule has 8 heteroatoms. The second kappa shape index (κ2) is 9.12. The second-order valence-electron chi connectivity index (χ2n) is 6.51. The standard InChI is InChI=1S/C17H28N2O4S2/c1-13-12-16(14(2)24-13)25(21,22)19-9-6-15(7-10-19)4-5-17(20)18-8-11-23-3/h12,15H,4-11H2,1-3H3,(H,18,20). The number of aryl methyl sites for hydroxylation is 2. The van der Waals surface area contributed by atoms with Crippen molar-refractivity contribution in [1.29, 1.82) is 0 Å². The molecule has 1 fully saturated rings. The maximum Gasteiger partial charge on any atom is 0.244 e. The second-order valence-corrected chi connectivity index (χ2v) is 9.87. The van der Waals surface area contributed by atoms with Crippen molar-refractivity contribution in [3.63, 3.8) is 0 Å². The fraction of sp³-hybridized carbons (Fsp3) is 0.706. The maximum atomic E-state index is 12.8. The van der Waals surface area contributed by atoms with Crippen LogP contribution in [0.25, 0.3) is 0 Å². The normalized spacial score (nSPS) is 16.9. The lowest BCUT2D eigenvalue weighted by atomic mass is 9.93. The molecule has 25 heavy (non-hydrogen) atoms. The first kappa shape index (κ1) is 20.4. The summed E-state index contributed by atoms with van der Waals surface area (Å²) < 4.78 is 32.1. The van der Waals surface area contributed by atoms with Gasteiger partial charge in [0.05, 0.1) is 11.5 Å². The van der Waals surface area contributed by atoms with Crippen LogP contribution in [0.15, 0.2) is 11.0 Å². The number of hydrogen-bond acceptors (Lipinski definition) is 5. The van der Waals surface area contributed by atoms with E-state index in [4.69, 9.17) is 4.74 Å². The number of amides is 1. The Bertz CT molecular complexity index is 677. The van der Waals surface area contributed by atoms with Crippen molar-refractivity contribution in [3.05, 3.63) is 15.8 Å². The first-order chi connectivity index (χ1) is 11.8. The first-order valence-electron chi connectivity index (χ1n) is 8.67. The number of rotatable bonds is 8. The monoisotopic (exact) mass is 388 g/mol. The van der Waals surface area contributed by atoms with Crippen LogP contribution in [0.4, 0.5) is 0 Å². The molecule has 0 saturated carbocycles. The molecule has 2 heterocycles. The minimum absolute atomic E-state index is 0.0384. The highest BCUT2D eigenvalue weighted by Gasteiger charge is 2.31. The Balaban J connectivity index is 1.81.